The number of carbonyl (C=O) groups excluding carboxylic acids is 1. The SMILES string of the molecule is COc1ccc(C[NH+]2CCN(C(=O)/C=C/c3ccco3)CC2)cc1. The molecule has 0 atom stereocenters. The quantitative estimate of drug-likeness (QED) is 0.840. The Bertz CT molecular complexity index is 669. The first-order valence-corrected chi connectivity index (χ1v) is 8.21. The molecule has 5 heteroatoms. The first-order chi connectivity index (χ1) is 11.7. The van der Waals surface area contributed by atoms with Crippen LogP contribution in [0.3, 0.4) is 0 Å². The number of carbonyl (C=O) groups is 1. The zero-order chi connectivity index (χ0) is 16.8. The number of nitrogens with zero attached hydrogens (tertiary/aromatic N) is 1. The van der Waals surface area contributed by atoms with Crippen LogP contribution in [0.1, 0.15) is 11.3 Å². The van der Waals surface area contributed by atoms with Gasteiger partial charge in [-0.05, 0) is 42.5 Å². The normalized spacial score (nSPS) is 15.8. The minimum atomic E-state index is 0.0508. The molecule has 1 aliphatic rings. The monoisotopic (exact) mass is 327 g/mol. The molecule has 0 aliphatic carbocycles. The standard InChI is InChI=1S/C19H22N2O3/c1-23-17-6-4-16(5-7-17)15-20-10-12-21(13-11-20)19(22)9-8-18-3-2-14-24-18/h2-9,14H,10-13,15H2,1H3/p+1/b9-8+. The van der Waals surface area contributed by atoms with Gasteiger partial charge in [0.15, 0.2) is 0 Å². The lowest BCUT2D eigenvalue weighted by Gasteiger charge is -2.31. The fourth-order valence-electron chi connectivity index (χ4n) is 2.90. The molecule has 5 nitrogen and oxygen atoms in total. The number of benzene rings is 1. The van der Waals surface area contributed by atoms with E-state index in [0.717, 1.165) is 38.5 Å². The lowest BCUT2D eigenvalue weighted by atomic mass is 10.2. The molecule has 0 bridgehead atoms. The van der Waals surface area contributed by atoms with Crippen LogP contribution >= 0.6 is 0 Å². The molecule has 2 aromatic rings. The first kappa shape index (κ1) is 16.3. The van der Waals surface area contributed by atoms with Crippen molar-refractivity contribution in [2.24, 2.45) is 0 Å². The molecule has 1 fully saturated rings. The molecule has 1 aromatic carbocycles. The maximum Gasteiger partial charge on any atom is 0.247 e. The summed E-state index contributed by atoms with van der Waals surface area (Å²) in [5.74, 6) is 1.63. The van der Waals surface area contributed by atoms with E-state index in [2.05, 4.69) is 12.1 Å². The van der Waals surface area contributed by atoms with Gasteiger partial charge < -0.3 is 19.0 Å². The zero-order valence-corrected chi connectivity index (χ0v) is 13.9. The van der Waals surface area contributed by atoms with Crippen LogP contribution in [0.15, 0.2) is 53.2 Å². The molecule has 1 N–H and O–H groups in total. The maximum atomic E-state index is 12.2. The highest BCUT2D eigenvalue weighted by Gasteiger charge is 2.22. The summed E-state index contributed by atoms with van der Waals surface area (Å²) in [5, 5.41) is 0. The minimum Gasteiger partial charge on any atom is -0.497 e. The smallest absolute Gasteiger partial charge is 0.247 e. The number of nitrogens with one attached hydrogen (secondary N) is 1. The van der Waals surface area contributed by atoms with Gasteiger partial charge in [-0.25, -0.2) is 0 Å². The fourth-order valence-corrected chi connectivity index (χ4v) is 2.90. The number of amides is 1. The van der Waals surface area contributed by atoms with Crippen LogP contribution in [0.4, 0.5) is 0 Å². The van der Waals surface area contributed by atoms with Crippen LogP contribution < -0.4 is 9.64 Å². The van der Waals surface area contributed by atoms with Gasteiger partial charge in [-0.2, -0.15) is 0 Å². The predicted octanol–water partition coefficient (Wildman–Crippen LogP) is 1.23. The summed E-state index contributed by atoms with van der Waals surface area (Å²) in [4.78, 5) is 15.6. The summed E-state index contributed by atoms with van der Waals surface area (Å²) in [5.41, 5.74) is 1.29. The van der Waals surface area contributed by atoms with Crippen LogP contribution in [0.25, 0.3) is 6.08 Å². The van der Waals surface area contributed by atoms with Gasteiger partial charge in [0, 0.05) is 11.6 Å². The van der Waals surface area contributed by atoms with Gasteiger partial charge in [-0.1, -0.05) is 0 Å². The third-order valence-electron chi connectivity index (χ3n) is 4.33. The Hall–Kier alpha value is -2.53. The van der Waals surface area contributed by atoms with Gasteiger partial charge in [0.2, 0.25) is 5.91 Å². The van der Waals surface area contributed by atoms with E-state index in [1.807, 2.05) is 29.2 Å². The second kappa shape index (κ2) is 7.84. The van der Waals surface area contributed by atoms with E-state index in [1.165, 1.54) is 10.5 Å². The zero-order valence-electron chi connectivity index (χ0n) is 13.9. The van der Waals surface area contributed by atoms with Crippen molar-refractivity contribution in [3.8, 4) is 5.75 Å². The number of quaternary nitrogens is 1. The Balaban J connectivity index is 1.47. The second-order valence-electron chi connectivity index (χ2n) is 5.95. The van der Waals surface area contributed by atoms with Crippen molar-refractivity contribution in [2.45, 2.75) is 6.54 Å². The van der Waals surface area contributed by atoms with Crippen LogP contribution in [0, 0.1) is 0 Å². The number of rotatable bonds is 5. The van der Waals surface area contributed by atoms with E-state index in [9.17, 15) is 4.79 Å². The highest BCUT2D eigenvalue weighted by atomic mass is 16.5. The third-order valence-corrected chi connectivity index (χ3v) is 4.33. The van der Waals surface area contributed by atoms with Crippen molar-refractivity contribution in [3.05, 3.63) is 60.1 Å². The average Bonchev–Trinajstić information content (AvgIpc) is 3.14. The highest BCUT2D eigenvalue weighted by Crippen LogP contribution is 2.10. The van der Waals surface area contributed by atoms with Gasteiger partial charge in [0.1, 0.15) is 18.1 Å². The molecule has 1 saturated heterocycles. The predicted molar refractivity (Wildman–Crippen MR) is 91.7 cm³/mol. The van der Waals surface area contributed by atoms with E-state index in [-0.39, 0.29) is 5.91 Å². The average molecular weight is 327 g/mol. The molecule has 1 aliphatic heterocycles. The van der Waals surface area contributed by atoms with Crippen LogP contribution in [0.2, 0.25) is 0 Å². The Morgan fingerprint density at radius 2 is 2.00 bits per heavy atom. The number of hydrogen-bond acceptors (Lipinski definition) is 3. The van der Waals surface area contributed by atoms with Crippen molar-refractivity contribution in [1.82, 2.24) is 4.90 Å². The lowest BCUT2D eigenvalue weighted by Crippen LogP contribution is -3.13. The summed E-state index contributed by atoms with van der Waals surface area (Å²) in [6.45, 7) is 4.48. The van der Waals surface area contributed by atoms with E-state index in [0.29, 0.717) is 5.76 Å². The Labute approximate surface area is 142 Å². The molecule has 1 aromatic heterocycles. The molecule has 2 heterocycles. The topological polar surface area (TPSA) is 47.1 Å². The third kappa shape index (κ3) is 4.26. The summed E-state index contributed by atoms with van der Waals surface area (Å²) in [7, 11) is 1.68. The molecular formula is C19H23N2O3+. The Morgan fingerprint density at radius 1 is 1.25 bits per heavy atom. The van der Waals surface area contributed by atoms with Gasteiger partial charge in [0.05, 0.1) is 39.6 Å². The molecule has 0 saturated carbocycles. The number of hydrogen-bond donors (Lipinski definition) is 1. The van der Waals surface area contributed by atoms with E-state index in [4.69, 9.17) is 9.15 Å². The van der Waals surface area contributed by atoms with Crippen molar-refractivity contribution >= 4 is 12.0 Å². The van der Waals surface area contributed by atoms with Crippen molar-refractivity contribution < 1.29 is 18.8 Å². The molecule has 3 rings (SSSR count). The minimum absolute atomic E-state index is 0.0508. The highest BCUT2D eigenvalue weighted by molar-refractivity contribution is 5.91. The van der Waals surface area contributed by atoms with Gasteiger partial charge in [-0.15, -0.1) is 0 Å². The van der Waals surface area contributed by atoms with Crippen molar-refractivity contribution in [2.75, 3.05) is 33.3 Å². The summed E-state index contributed by atoms with van der Waals surface area (Å²) in [6.07, 6.45) is 4.91. The van der Waals surface area contributed by atoms with E-state index in [1.54, 1.807) is 25.5 Å². The van der Waals surface area contributed by atoms with E-state index >= 15 is 0 Å². The number of furan rings is 1. The number of piperazine rings is 1. The summed E-state index contributed by atoms with van der Waals surface area (Å²) >= 11 is 0. The Morgan fingerprint density at radius 3 is 2.62 bits per heavy atom. The van der Waals surface area contributed by atoms with Gasteiger partial charge in [-0.3, -0.25) is 4.79 Å². The Kier molecular flexibility index (Phi) is 5.33. The number of ether oxygens (including phenoxy) is 1. The first-order valence-electron chi connectivity index (χ1n) is 8.21. The maximum absolute atomic E-state index is 12.2. The summed E-state index contributed by atoms with van der Waals surface area (Å²) < 4.78 is 10.4. The van der Waals surface area contributed by atoms with Crippen LogP contribution in [-0.2, 0) is 11.3 Å². The molecule has 1 amide bonds. The molecule has 24 heavy (non-hydrogen) atoms. The van der Waals surface area contributed by atoms with Gasteiger partial charge in [0.25, 0.3) is 0 Å². The van der Waals surface area contributed by atoms with Crippen molar-refractivity contribution in [1.29, 1.82) is 0 Å². The molecular weight excluding hydrogens is 304 g/mol. The fraction of sp³-hybridized carbons (Fsp3) is 0.316. The largest absolute Gasteiger partial charge is 0.497 e. The molecule has 0 unspecified atom stereocenters. The number of methoxy groups -OCH3 is 1. The molecule has 0 radical (unpaired) electrons. The van der Waals surface area contributed by atoms with Crippen LogP contribution in [0.5, 0.6) is 5.75 Å². The van der Waals surface area contributed by atoms with E-state index < -0.39 is 0 Å². The van der Waals surface area contributed by atoms with Crippen LogP contribution in [-0.4, -0.2) is 44.1 Å². The van der Waals surface area contributed by atoms with Gasteiger partial charge >= 0.3 is 0 Å². The molecule has 126 valence electrons. The van der Waals surface area contributed by atoms with Crippen molar-refractivity contribution in [3.63, 3.8) is 0 Å². The summed E-state index contributed by atoms with van der Waals surface area (Å²) in [6, 6.07) is 11.8. The second-order valence-corrected chi connectivity index (χ2v) is 5.95. The molecule has 0 spiro atoms. The lowest BCUT2D eigenvalue weighted by molar-refractivity contribution is -0.917.